The van der Waals surface area contributed by atoms with Gasteiger partial charge in [0.25, 0.3) is 0 Å². The van der Waals surface area contributed by atoms with E-state index in [1.165, 1.54) is 0 Å². The Morgan fingerprint density at radius 1 is 1.25 bits per heavy atom. The number of hydrogen-bond donors (Lipinski definition) is 1. The monoisotopic (exact) mass is 293 g/mol. The number of aliphatic hydroxyl groups is 1. The fraction of sp³-hybridized carbons (Fsp3) is 0.929. The highest BCUT2D eigenvalue weighted by Crippen LogP contribution is 2.49. The third kappa shape index (κ3) is 2.80. The van der Waals surface area contributed by atoms with E-state index < -0.39 is 30.5 Å². The van der Waals surface area contributed by atoms with Crippen molar-refractivity contribution in [2.75, 3.05) is 13.1 Å². The number of carbonyl (C=O) groups is 1. The summed E-state index contributed by atoms with van der Waals surface area (Å²) in [5.74, 6) is 0.275. The van der Waals surface area contributed by atoms with Crippen LogP contribution in [-0.4, -0.2) is 40.8 Å². The highest BCUT2D eigenvalue weighted by molar-refractivity contribution is 5.80. The predicted molar refractivity (Wildman–Crippen MR) is 67.9 cm³/mol. The van der Waals surface area contributed by atoms with Gasteiger partial charge in [0.05, 0.1) is 0 Å². The van der Waals surface area contributed by atoms with Crippen molar-refractivity contribution in [2.45, 2.75) is 51.3 Å². The third-order valence-corrected chi connectivity index (χ3v) is 4.84. The number of rotatable bonds is 2. The fourth-order valence-electron chi connectivity index (χ4n) is 3.21. The van der Waals surface area contributed by atoms with Crippen molar-refractivity contribution in [1.82, 2.24) is 4.90 Å². The number of piperidine rings is 1. The van der Waals surface area contributed by atoms with Crippen LogP contribution in [0.1, 0.15) is 39.5 Å². The highest BCUT2D eigenvalue weighted by Gasteiger charge is 2.63. The second-order valence-electron chi connectivity index (χ2n) is 6.54. The van der Waals surface area contributed by atoms with E-state index in [9.17, 15) is 23.1 Å². The van der Waals surface area contributed by atoms with E-state index in [0.29, 0.717) is 24.9 Å². The smallest absolute Gasteiger partial charge is 0.380 e. The van der Waals surface area contributed by atoms with Gasteiger partial charge in [0, 0.05) is 19.0 Å². The first kappa shape index (κ1) is 15.6. The molecule has 0 bridgehead atoms. The maximum absolute atomic E-state index is 12.5. The quantitative estimate of drug-likeness (QED) is 0.850. The molecule has 1 saturated heterocycles. The number of amides is 1. The number of alkyl halides is 3. The Kier molecular flexibility index (Phi) is 4.06. The van der Waals surface area contributed by atoms with Crippen LogP contribution >= 0.6 is 0 Å². The summed E-state index contributed by atoms with van der Waals surface area (Å²) in [5, 5.41) is 9.38. The maximum Gasteiger partial charge on any atom is 0.417 e. The average molecular weight is 293 g/mol. The molecule has 0 atom stereocenters. The summed E-state index contributed by atoms with van der Waals surface area (Å²) in [6.07, 6.45) is -3.77. The molecule has 0 radical (unpaired) electrons. The molecule has 0 aromatic heterocycles. The predicted octanol–water partition coefficient (Wildman–Crippen LogP) is 2.58. The van der Waals surface area contributed by atoms with Gasteiger partial charge in [-0.1, -0.05) is 13.8 Å². The molecule has 1 heterocycles. The Bertz CT molecular complexity index is 367. The normalized spacial score (nSPS) is 32.4. The van der Waals surface area contributed by atoms with Gasteiger partial charge in [0.15, 0.2) is 5.60 Å². The molecule has 0 unspecified atom stereocenters. The van der Waals surface area contributed by atoms with Crippen LogP contribution in [0.25, 0.3) is 0 Å². The van der Waals surface area contributed by atoms with Gasteiger partial charge in [-0.3, -0.25) is 4.79 Å². The van der Waals surface area contributed by atoms with Gasteiger partial charge in [-0.15, -0.1) is 0 Å². The second-order valence-corrected chi connectivity index (χ2v) is 6.54. The van der Waals surface area contributed by atoms with Crippen LogP contribution in [0.3, 0.4) is 0 Å². The second kappa shape index (κ2) is 5.20. The van der Waals surface area contributed by atoms with Gasteiger partial charge < -0.3 is 10.0 Å². The van der Waals surface area contributed by atoms with Crippen molar-refractivity contribution < 1.29 is 23.1 Å². The molecule has 20 heavy (non-hydrogen) atoms. The summed E-state index contributed by atoms with van der Waals surface area (Å²) in [5.41, 5.74) is -2.65. The van der Waals surface area contributed by atoms with E-state index in [2.05, 4.69) is 13.8 Å². The van der Waals surface area contributed by atoms with E-state index in [4.69, 9.17) is 0 Å². The zero-order valence-electron chi connectivity index (χ0n) is 11.9. The zero-order valence-corrected chi connectivity index (χ0v) is 11.9. The maximum atomic E-state index is 12.5. The molecular weight excluding hydrogens is 271 g/mol. The number of nitrogens with zero attached hydrogens (tertiary/aromatic N) is 1. The van der Waals surface area contributed by atoms with Gasteiger partial charge in [0.2, 0.25) is 5.91 Å². The van der Waals surface area contributed by atoms with Crippen LogP contribution in [0.5, 0.6) is 0 Å². The number of halogens is 3. The van der Waals surface area contributed by atoms with Crippen molar-refractivity contribution in [3.05, 3.63) is 0 Å². The van der Waals surface area contributed by atoms with Crippen LogP contribution in [0.15, 0.2) is 0 Å². The van der Waals surface area contributed by atoms with Crippen molar-refractivity contribution >= 4 is 5.91 Å². The highest BCUT2D eigenvalue weighted by atomic mass is 19.4. The molecule has 2 aliphatic rings. The molecule has 1 aliphatic carbocycles. The number of carbonyl (C=O) groups excluding carboxylic acids is 1. The molecular formula is C14H22F3NO2. The lowest BCUT2D eigenvalue weighted by Gasteiger charge is -2.46. The lowest BCUT2D eigenvalue weighted by Crippen LogP contribution is -2.59. The summed E-state index contributed by atoms with van der Waals surface area (Å²) < 4.78 is 37.6. The van der Waals surface area contributed by atoms with Crippen molar-refractivity contribution in [2.24, 2.45) is 17.8 Å². The van der Waals surface area contributed by atoms with Gasteiger partial charge >= 0.3 is 6.18 Å². The minimum Gasteiger partial charge on any atom is -0.380 e. The van der Waals surface area contributed by atoms with Crippen LogP contribution in [0.4, 0.5) is 13.2 Å². The topological polar surface area (TPSA) is 40.5 Å². The van der Waals surface area contributed by atoms with Crippen LogP contribution in [0.2, 0.25) is 0 Å². The molecule has 1 saturated carbocycles. The molecule has 2 rings (SSSR count). The van der Waals surface area contributed by atoms with E-state index in [1.54, 1.807) is 4.90 Å². The molecule has 3 nitrogen and oxygen atoms in total. The van der Waals surface area contributed by atoms with Crippen molar-refractivity contribution in [1.29, 1.82) is 0 Å². The van der Waals surface area contributed by atoms with Gasteiger partial charge in [-0.2, -0.15) is 13.2 Å². The molecule has 0 aromatic rings. The Labute approximate surface area is 117 Å². The Hall–Kier alpha value is -0.780. The van der Waals surface area contributed by atoms with E-state index in [1.807, 2.05) is 0 Å². The SMILES string of the molecule is CC(C)C1CCN(C(=O)C2CC(O)(C(F)(F)F)C2)CC1. The van der Waals surface area contributed by atoms with E-state index in [-0.39, 0.29) is 5.91 Å². The lowest BCUT2D eigenvalue weighted by atomic mass is 9.69. The first-order chi connectivity index (χ1) is 9.14. The third-order valence-electron chi connectivity index (χ3n) is 4.84. The molecule has 0 spiro atoms. The minimum atomic E-state index is -4.63. The summed E-state index contributed by atoms with van der Waals surface area (Å²) in [7, 11) is 0. The molecule has 6 heteroatoms. The van der Waals surface area contributed by atoms with Crippen LogP contribution < -0.4 is 0 Å². The molecule has 2 fully saturated rings. The summed E-state index contributed by atoms with van der Waals surface area (Å²) in [6, 6.07) is 0. The number of likely N-dealkylation sites (tertiary alicyclic amines) is 1. The van der Waals surface area contributed by atoms with E-state index >= 15 is 0 Å². The molecule has 1 amide bonds. The fourth-order valence-corrected chi connectivity index (χ4v) is 3.21. The van der Waals surface area contributed by atoms with Crippen molar-refractivity contribution in [3.8, 4) is 0 Å². The largest absolute Gasteiger partial charge is 0.417 e. The molecule has 116 valence electrons. The standard InChI is InChI=1S/C14H22F3NO2/c1-9(2)10-3-5-18(6-4-10)12(19)11-7-13(20,8-11)14(15,16)17/h9-11,20H,3-8H2,1-2H3. The van der Waals surface area contributed by atoms with Crippen LogP contribution in [-0.2, 0) is 4.79 Å². The first-order valence-electron chi connectivity index (χ1n) is 7.22. The Morgan fingerprint density at radius 3 is 2.15 bits per heavy atom. The minimum absolute atomic E-state index is 0.221. The Morgan fingerprint density at radius 2 is 1.75 bits per heavy atom. The average Bonchev–Trinajstić information content (AvgIpc) is 2.33. The van der Waals surface area contributed by atoms with Gasteiger partial charge in [-0.25, -0.2) is 0 Å². The summed E-state index contributed by atoms with van der Waals surface area (Å²) in [4.78, 5) is 13.8. The van der Waals surface area contributed by atoms with Crippen LogP contribution in [0, 0.1) is 17.8 Å². The molecule has 1 N–H and O–H groups in total. The van der Waals surface area contributed by atoms with Gasteiger partial charge in [0.1, 0.15) is 0 Å². The first-order valence-corrected chi connectivity index (χ1v) is 7.22. The zero-order chi connectivity index (χ0) is 15.1. The molecule has 1 aliphatic heterocycles. The van der Waals surface area contributed by atoms with Gasteiger partial charge in [-0.05, 0) is 37.5 Å². The lowest BCUT2D eigenvalue weighted by molar-refractivity contribution is -0.296. The molecule has 0 aromatic carbocycles. The summed E-state index contributed by atoms with van der Waals surface area (Å²) >= 11 is 0. The summed E-state index contributed by atoms with van der Waals surface area (Å²) in [6.45, 7) is 5.56. The number of hydrogen-bond acceptors (Lipinski definition) is 2. The van der Waals surface area contributed by atoms with E-state index in [0.717, 1.165) is 12.8 Å². The van der Waals surface area contributed by atoms with Crippen molar-refractivity contribution in [3.63, 3.8) is 0 Å². The Balaban J connectivity index is 1.84.